The van der Waals surface area contributed by atoms with E-state index in [-0.39, 0.29) is 4.83 Å². The van der Waals surface area contributed by atoms with E-state index in [1.165, 1.54) is 0 Å². The summed E-state index contributed by atoms with van der Waals surface area (Å²) >= 11 is 6.77. The van der Waals surface area contributed by atoms with Crippen molar-refractivity contribution in [2.45, 2.75) is 24.7 Å². The fourth-order valence-electron chi connectivity index (χ4n) is 1.73. The van der Waals surface area contributed by atoms with Crippen molar-refractivity contribution in [1.29, 1.82) is 0 Å². The van der Waals surface area contributed by atoms with Crippen LogP contribution in [0.1, 0.15) is 29.8 Å². The van der Waals surface area contributed by atoms with E-state index in [2.05, 4.69) is 59.3 Å². The van der Waals surface area contributed by atoms with Gasteiger partial charge in [0, 0.05) is 0 Å². The Labute approximate surface area is 137 Å². The number of nitrogens with zero attached hydrogens (tertiary/aromatic N) is 5. The highest BCUT2D eigenvalue weighted by Crippen LogP contribution is 2.25. The van der Waals surface area contributed by atoms with Crippen LogP contribution in [0.15, 0.2) is 31.8 Å². The third kappa shape index (κ3) is 3.24. The van der Waals surface area contributed by atoms with Crippen LogP contribution in [-0.2, 0) is 6.54 Å². The predicted octanol–water partition coefficient (Wildman–Crippen LogP) is 3.58. The van der Waals surface area contributed by atoms with Crippen LogP contribution in [0, 0.1) is 0 Å². The van der Waals surface area contributed by atoms with Crippen LogP contribution in [0.3, 0.4) is 0 Å². The van der Waals surface area contributed by atoms with Crippen LogP contribution in [0.25, 0.3) is 11.7 Å². The highest BCUT2D eigenvalue weighted by atomic mass is 79.9. The van der Waals surface area contributed by atoms with Gasteiger partial charge < -0.3 is 8.83 Å². The zero-order valence-electron chi connectivity index (χ0n) is 11.0. The Morgan fingerprint density at radius 2 is 2.10 bits per heavy atom. The number of alkyl halides is 1. The summed E-state index contributed by atoms with van der Waals surface area (Å²) in [5.41, 5.74) is 0.882. The van der Waals surface area contributed by atoms with Gasteiger partial charge in [-0.1, -0.05) is 28.1 Å². The van der Waals surface area contributed by atoms with Crippen LogP contribution in [0.2, 0.25) is 0 Å². The first-order valence-electron chi connectivity index (χ1n) is 6.28. The SMILES string of the molecule is CCC(Br)c1cn(Cc2nnc(-c3ccc(Br)o3)o2)nn1. The molecule has 1 atom stereocenters. The third-order valence-corrected chi connectivity index (χ3v) is 4.33. The molecule has 0 fully saturated rings. The van der Waals surface area contributed by atoms with Gasteiger partial charge in [-0.2, -0.15) is 0 Å². The van der Waals surface area contributed by atoms with Gasteiger partial charge in [0.1, 0.15) is 6.54 Å². The Balaban J connectivity index is 1.74. The van der Waals surface area contributed by atoms with Crippen molar-refractivity contribution >= 4 is 31.9 Å². The molecule has 1 unspecified atom stereocenters. The van der Waals surface area contributed by atoms with Gasteiger partial charge in [-0.3, -0.25) is 0 Å². The number of halogens is 2. The molecule has 0 aromatic carbocycles. The van der Waals surface area contributed by atoms with Gasteiger partial charge in [-0.25, -0.2) is 4.68 Å². The van der Waals surface area contributed by atoms with Crippen LogP contribution in [0.4, 0.5) is 0 Å². The number of hydrogen-bond donors (Lipinski definition) is 0. The van der Waals surface area contributed by atoms with Crippen molar-refractivity contribution in [1.82, 2.24) is 25.2 Å². The first kappa shape index (κ1) is 14.5. The van der Waals surface area contributed by atoms with Crippen molar-refractivity contribution in [3.8, 4) is 11.7 Å². The molecule has 0 aliphatic rings. The lowest BCUT2D eigenvalue weighted by atomic mass is 10.3. The first-order chi connectivity index (χ1) is 10.2. The molecule has 0 amide bonds. The minimum absolute atomic E-state index is 0.199. The summed E-state index contributed by atoms with van der Waals surface area (Å²) in [5, 5.41) is 16.1. The molecule has 0 aliphatic heterocycles. The van der Waals surface area contributed by atoms with E-state index < -0.39 is 0 Å². The molecule has 0 saturated carbocycles. The quantitative estimate of drug-likeness (QED) is 0.591. The molecule has 0 bridgehead atoms. The van der Waals surface area contributed by atoms with E-state index in [9.17, 15) is 0 Å². The largest absolute Gasteiger partial charge is 0.444 e. The number of hydrogen-bond acceptors (Lipinski definition) is 6. The molecule has 0 aliphatic carbocycles. The molecular weight excluding hydrogens is 406 g/mol. The summed E-state index contributed by atoms with van der Waals surface area (Å²) in [6.45, 7) is 2.44. The zero-order valence-corrected chi connectivity index (χ0v) is 14.2. The second kappa shape index (κ2) is 6.10. The lowest BCUT2D eigenvalue weighted by Crippen LogP contribution is -2.00. The minimum Gasteiger partial charge on any atom is -0.444 e. The van der Waals surface area contributed by atoms with Gasteiger partial charge in [0.25, 0.3) is 5.89 Å². The van der Waals surface area contributed by atoms with E-state index in [0.29, 0.717) is 28.8 Å². The van der Waals surface area contributed by atoms with Gasteiger partial charge in [-0.05, 0) is 34.5 Å². The average Bonchev–Trinajstić information content (AvgIpc) is 3.19. The second-order valence-electron chi connectivity index (χ2n) is 4.32. The van der Waals surface area contributed by atoms with E-state index in [1.807, 2.05) is 6.20 Å². The molecule has 3 aromatic heterocycles. The van der Waals surface area contributed by atoms with Crippen molar-refractivity contribution < 1.29 is 8.83 Å². The molecule has 3 heterocycles. The van der Waals surface area contributed by atoms with Crippen molar-refractivity contribution in [2.24, 2.45) is 0 Å². The molecule has 0 N–H and O–H groups in total. The Kier molecular flexibility index (Phi) is 4.20. The molecular formula is C12H11Br2N5O2. The number of rotatable bonds is 5. The van der Waals surface area contributed by atoms with Gasteiger partial charge >= 0.3 is 0 Å². The van der Waals surface area contributed by atoms with E-state index in [4.69, 9.17) is 8.83 Å². The molecule has 9 heteroatoms. The summed E-state index contributed by atoms with van der Waals surface area (Å²) in [6, 6.07) is 3.52. The summed E-state index contributed by atoms with van der Waals surface area (Å²) in [5.74, 6) is 1.30. The van der Waals surface area contributed by atoms with Gasteiger partial charge in [-0.15, -0.1) is 15.3 Å². The first-order valence-corrected chi connectivity index (χ1v) is 7.98. The summed E-state index contributed by atoms with van der Waals surface area (Å²) in [6.07, 6.45) is 2.80. The van der Waals surface area contributed by atoms with Crippen LogP contribution in [-0.4, -0.2) is 25.2 Å². The standard InChI is InChI=1S/C12H11Br2N5O2/c1-2-7(13)8-5-19(18-15-8)6-11-16-17-12(21-11)9-3-4-10(14)20-9/h3-5,7H,2,6H2,1H3. The Hall–Kier alpha value is -1.48. The maximum Gasteiger partial charge on any atom is 0.283 e. The summed E-state index contributed by atoms with van der Waals surface area (Å²) < 4.78 is 13.2. The highest BCUT2D eigenvalue weighted by Gasteiger charge is 2.14. The third-order valence-electron chi connectivity index (χ3n) is 2.78. The Morgan fingerprint density at radius 1 is 1.24 bits per heavy atom. The fourth-order valence-corrected chi connectivity index (χ4v) is 2.24. The smallest absolute Gasteiger partial charge is 0.283 e. The molecule has 110 valence electrons. The van der Waals surface area contributed by atoms with E-state index in [1.54, 1.807) is 16.8 Å². The topological polar surface area (TPSA) is 82.8 Å². The maximum absolute atomic E-state index is 5.55. The van der Waals surface area contributed by atoms with Gasteiger partial charge in [0.05, 0.1) is 16.7 Å². The Bertz CT molecular complexity index is 735. The lowest BCUT2D eigenvalue weighted by Gasteiger charge is -1.98. The summed E-state index contributed by atoms with van der Waals surface area (Å²) in [4.78, 5) is 0.199. The van der Waals surface area contributed by atoms with E-state index >= 15 is 0 Å². The molecule has 3 rings (SSSR count). The monoisotopic (exact) mass is 415 g/mol. The number of aromatic nitrogens is 5. The Morgan fingerprint density at radius 3 is 2.81 bits per heavy atom. The molecule has 0 spiro atoms. The molecule has 3 aromatic rings. The van der Waals surface area contributed by atoms with Crippen LogP contribution < -0.4 is 0 Å². The zero-order chi connectivity index (χ0) is 14.8. The number of furan rings is 1. The van der Waals surface area contributed by atoms with Crippen LogP contribution >= 0.6 is 31.9 Å². The van der Waals surface area contributed by atoms with Gasteiger partial charge in [0.2, 0.25) is 5.89 Å². The van der Waals surface area contributed by atoms with Crippen molar-refractivity contribution in [3.05, 3.63) is 34.6 Å². The normalized spacial score (nSPS) is 12.7. The minimum atomic E-state index is 0.199. The highest BCUT2D eigenvalue weighted by molar-refractivity contribution is 9.10. The molecule has 0 saturated heterocycles. The predicted molar refractivity (Wildman–Crippen MR) is 80.8 cm³/mol. The average molecular weight is 417 g/mol. The molecule has 0 radical (unpaired) electrons. The summed E-state index contributed by atoms with van der Waals surface area (Å²) in [7, 11) is 0. The van der Waals surface area contributed by atoms with Crippen molar-refractivity contribution in [3.63, 3.8) is 0 Å². The lowest BCUT2D eigenvalue weighted by molar-refractivity contribution is 0.451. The molecule has 7 nitrogen and oxygen atoms in total. The van der Waals surface area contributed by atoms with Crippen molar-refractivity contribution in [2.75, 3.05) is 0 Å². The molecule has 21 heavy (non-hydrogen) atoms. The van der Waals surface area contributed by atoms with Crippen LogP contribution in [0.5, 0.6) is 0 Å². The van der Waals surface area contributed by atoms with Gasteiger partial charge in [0.15, 0.2) is 10.4 Å². The fraction of sp³-hybridized carbons (Fsp3) is 0.333. The van der Waals surface area contributed by atoms with E-state index in [0.717, 1.165) is 12.1 Å². The second-order valence-corrected chi connectivity index (χ2v) is 6.21. The maximum atomic E-state index is 5.55.